The quantitative estimate of drug-likeness (QED) is 0.723. The monoisotopic (exact) mass is 431 g/mol. The second-order valence-electron chi connectivity index (χ2n) is 10.5. The molecule has 1 heterocycles. The Morgan fingerprint density at radius 1 is 1.10 bits per heavy atom. The summed E-state index contributed by atoms with van der Waals surface area (Å²) < 4.78 is 13.2. The fourth-order valence-electron chi connectivity index (χ4n) is 5.19. The molecule has 3 aliphatic rings. The number of halogens is 1. The molecular formula is C25H38FN3O2. The normalized spacial score (nSPS) is 21.2. The first kappa shape index (κ1) is 23.7. The molecule has 5 nitrogen and oxygen atoms in total. The zero-order valence-corrected chi connectivity index (χ0v) is 19.7. The highest BCUT2D eigenvalue weighted by Crippen LogP contribution is 2.52. The van der Waals surface area contributed by atoms with Crippen molar-refractivity contribution in [2.45, 2.75) is 71.3 Å². The van der Waals surface area contributed by atoms with Crippen molar-refractivity contribution in [2.24, 2.45) is 11.3 Å². The Balaban J connectivity index is 0.00000132. The van der Waals surface area contributed by atoms with Gasteiger partial charge in [0.05, 0.1) is 12.0 Å². The van der Waals surface area contributed by atoms with Gasteiger partial charge in [-0.15, -0.1) is 0 Å². The van der Waals surface area contributed by atoms with Crippen molar-refractivity contribution in [3.63, 3.8) is 0 Å². The van der Waals surface area contributed by atoms with Gasteiger partial charge in [-0.2, -0.15) is 0 Å². The lowest BCUT2D eigenvalue weighted by Gasteiger charge is -2.59. The fourth-order valence-corrected chi connectivity index (χ4v) is 5.19. The van der Waals surface area contributed by atoms with Gasteiger partial charge in [0, 0.05) is 25.2 Å². The predicted molar refractivity (Wildman–Crippen MR) is 121 cm³/mol. The summed E-state index contributed by atoms with van der Waals surface area (Å²) in [5.41, 5.74) is 0.644. The van der Waals surface area contributed by atoms with Crippen molar-refractivity contribution in [2.75, 3.05) is 26.2 Å². The Kier molecular flexibility index (Phi) is 6.80. The maximum atomic E-state index is 13.2. The number of nitrogens with zero attached hydrogens (tertiary/aromatic N) is 1. The van der Waals surface area contributed by atoms with Gasteiger partial charge in [0.25, 0.3) is 0 Å². The van der Waals surface area contributed by atoms with E-state index in [0.29, 0.717) is 24.4 Å². The standard InChI is InChI=1S/C23H32FN3O2.C2H6/c1-21(2,3)26-19(28)13-27-14-22(15-27)10-16(11-22)12-25-20(29)23(8-9-23)17-4-6-18(24)7-5-17;1-2/h4-7,16H,8-15H2,1-3H3,(H,25,29)(H,26,28);1-2H3. The molecule has 6 heteroatoms. The highest BCUT2D eigenvalue weighted by molar-refractivity contribution is 5.91. The average Bonchev–Trinajstić information content (AvgIpc) is 3.44. The van der Waals surface area contributed by atoms with Gasteiger partial charge in [-0.05, 0) is 75.5 Å². The summed E-state index contributed by atoms with van der Waals surface area (Å²) >= 11 is 0. The number of likely N-dealkylation sites (tertiary alicyclic amines) is 1. The number of amides is 2. The van der Waals surface area contributed by atoms with Gasteiger partial charge >= 0.3 is 0 Å². The summed E-state index contributed by atoms with van der Waals surface area (Å²) in [4.78, 5) is 27.0. The molecule has 1 aromatic rings. The van der Waals surface area contributed by atoms with Gasteiger partial charge in [0.2, 0.25) is 11.8 Å². The third-order valence-electron chi connectivity index (χ3n) is 6.58. The van der Waals surface area contributed by atoms with E-state index in [9.17, 15) is 14.0 Å². The number of carbonyl (C=O) groups excluding carboxylic acids is 2. The van der Waals surface area contributed by atoms with Crippen LogP contribution < -0.4 is 10.6 Å². The highest BCUT2D eigenvalue weighted by Gasteiger charge is 2.54. The molecule has 31 heavy (non-hydrogen) atoms. The zero-order chi connectivity index (χ0) is 22.9. The van der Waals surface area contributed by atoms with Crippen molar-refractivity contribution < 1.29 is 14.0 Å². The Bertz CT molecular complexity index is 782. The van der Waals surface area contributed by atoms with E-state index < -0.39 is 5.41 Å². The average molecular weight is 432 g/mol. The van der Waals surface area contributed by atoms with Crippen molar-refractivity contribution in [3.8, 4) is 0 Å². The van der Waals surface area contributed by atoms with Gasteiger partial charge in [-0.3, -0.25) is 14.5 Å². The van der Waals surface area contributed by atoms with E-state index in [1.807, 2.05) is 34.6 Å². The van der Waals surface area contributed by atoms with Crippen LogP contribution in [0.1, 0.15) is 65.9 Å². The van der Waals surface area contributed by atoms with Crippen LogP contribution in [-0.4, -0.2) is 48.4 Å². The minimum absolute atomic E-state index is 0.0825. The number of nitrogens with one attached hydrogen (secondary N) is 2. The molecule has 0 aromatic heterocycles. The molecule has 0 atom stereocenters. The maximum absolute atomic E-state index is 13.2. The lowest BCUT2D eigenvalue weighted by Crippen LogP contribution is -2.65. The molecule has 4 rings (SSSR count). The molecule has 0 radical (unpaired) electrons. The molecule has 3 fully saturated rings. The van der Waals surface area contributed by atoms with E-state index in [0.717, 1.165) is 44.3 Å². The molecular weight excluding hydrogens is 393 g/mol. The first-order chi connectivity index (χ1) is 14.6. The van der Waals surface area contributed by atoms with Gasteiger partial charge in [0.15, 0.2) is 0 Å². The second-order valence-corrected chi connectivity index (χ2v) is 10.5. The number of benzene rings is 1. The van der Waals surface area contributed by atoms with Crippen LogP contribution in [0.2, 0.25) is 0 Å². The van der Waals surface area contributed by atoms with Crippen molar-refractivity contribution in [1.29, 1.82) is 0 Å². The Morgan fingerprint density at radius 2 is 1.68 bits per heavy atom. The van der Waals surface area contributed by atoms with Crippen LogP contribution in [0, 0.1) is 17.2 Å². The topological polar surface area (TPSA) is 61.4 Å². The second kappa shape index (κ2) is 8.89. The SMILES string of the molecule is CC.CC(C)(C)NC(=O)CN1CC2(CC(CNC(=O)C3(c4ccc(F)cc4)CC3)C2)C1. The Hall–Kier alpha value is -1.95. The third kappa shape index (κ3) is 5.46. The van der Waals surface area contributed by atoms with E-state index in [-0.39, 0.29) is 23.2 Å². The molecule has 1 saturated heterocycles. The summed E-state index contributed by atoms with van der Waals surface area (Å²) in [5.74, 6) is 0.425. The number of carbonyl (C=O) groups is 2. The van der Waals surface area contributed by atoms with Gasteiger partial charge < -0.3 is 10.6 Å². The molecule has 2 amide bonds. The summed E-state index contributed by atoms with van der Waals surface area (Å²) in [7, 11) is 0. The number of hydrogen-bond acceptors (Lipinski definition) is 3. The van der Waals surface area contributed by atoms with Crippen LogP contribution in [0.3, 0.4) is 0 Å². The zero-order valence-electron chi connectivity index (χ0n) is 19.7. The van der Waals surface area contributed by atoms with Crippen molar-refractivity contribution in [3.05, 3.63) is 35.6 Å². The molecule has 1 aliphatic heterocycles. The molecule has 2 saturated carbocycles. The van der Waals surface area contributed by atoms with Crippen LogP contribution in [0.5, 0.6) is 0 Å². The largest absolute Gasteiger partial charge is 0.355 e. The van der Waals surface area contributed by atoms with Gasteiger partial charge in [0.1, 0.15) is 5.82 Å². The van der Waals surface area contributed by atoms with Crippen LogP contribution in [0.4, 0.5) is 4.39 Å². The molecule has 2 N–H and O–H groups in total. The summed E-state index contributed by atoms with van der Waals surface area (Å²) in [6, 6.07) is 6.34. The van der Waals surface area contributed by atoms with E-state index in [1.54, 1.807) is 12.1 Å². The number of hydrogen-bond donors (Lipinski definition) is 2. The Labute approximate surface area is 186 Å². The van der Waals surface area contributed by atoms with Crippen LogP contribution in [-0.2, 0) is 15.0 Å². The smallest absolute Gasteiger partial charge is 0.234 e. The van der Waals surface area contributed by atoms with Gasteiger partial charge in [-0.1, -0.05) is 26.0 Å². The van der Waals surface area contributed by atoms with E-state index in [4.69, 9.17) is 0 Å². The van der Waals surface area contributed by atoms with E-state index in [2.05, 4.69) is 15.5 Å². The predicted octanol–water partition coefficient (Wildman–Crippen LogP) is 3.63. The lowest BCUT2D eigenvalue weighted by atomic mass is 9.57. The van der Waals surface area contributed by atoms with E-state index in [1.165, 1.54) is 12.1 Å². The first-order valence-corrected chi connectivity index (χ1v) is 11.7. The molecule has 1 aromatic carbocycles. The number of rotatable bonds is 6. The Morgan fingerprint density at radius 3 is 2.19 bits per heavy atom. The summed E-state index contributed by atoms with van der Waals surface area (Å²) in [6.45, 7) is 13.1. The van der Waals surface area contributed by atoms with Crippen molar-refractivity contribution in [1.82, 2.24) is 15.5 Å². The minimum Gasteiger partial charge on any atom is -0.355 e. The summed E-state index contributed by atoms with van der Waals surface area (Å²) in [5, 5.41) is 6.16. The van der Waals surface area contributed by atoms with E-state index >= 15 is 0 Å². The van der Waals surface area contributed by atoms with Crippen LogP contribution in [0.15, 0.2) is 24.3 Å². The first-order valence-electron chi connectivity index (χ1n) is 11.7. The van der Waals surface area contributed by atoms with Crippen LogP contribution in [0.25, 0.3) is 0 Å². The molecule has 2 aliphatic carbocycles. The van der Waals surface area contributed by atoms with Crippen LogP contribution >= 0.6 is 0 Å². The third-order valence-corrected chi connectivity index (χ3v) is 6.58. The molecule has 0 unspecified atom stereocenters. The van der Waals surface area contributed by atoms with Crippen molar-refractivity contribution >= 4 is 11.8 Å². The lowest BCUT2D eigenvalue weighted by molar-refractivity contribution is -0.135. The maximum Gasteiger partial charge on any atom is 0.234 e. The fraction of sp³-hybridized carbons (Fsp3) is 0.680. The molecule has 172 valence electrons. The minimum atomic E-state index is -0.442. The summed E-state index contributed by atoms with van der Waals surface area (Å²) in [6.07, 6.45) is 3.91. The molecule has 1 spiro atoms. The molecule has 0 bridgehead atoms. The highest BCUT2D eigenvalue weighted by atomic mass is 19.1. The van der Waals surface area contributed by atoms with Gasteiger partial charge in [-0.25, -0.2) is 4.39 Å².